The maximum Gasteiger partial charge on any atom is 0.0387 e. The molecule has 0 spiro atoms. The van der Waals surface area contributed by atoms with Crippen LogP contribution in [-0.4, -0.2) is 25.2 Å². The van der Waals surface area contributed by atoms with Gasteiger partial charge in [-0.05, 0) is 62.8 Å². The molecule has 116 valence electrons. The summed E-state index contributed by atoms with van der Waals surface area (Å²) in [4.78, 5) is 2.63. The smallest absolute Gasteiger partial charge is 0.0387 e. The number of rotatable bonds is 2. The zero-order valence-electron chi connectivity index (χ0n) is 13.9. The molecule has 1 heterocycles. The lowest BCUT2D eigenvalue weighted by molar-refractivity contribution is 0.245. The quantitative estimate of drug-likeness (QED) is 0.882. The minimum absolute atomic E-state index is 0.589. The molecule has 1 saturated carbocycles. The Balaban J connectivity index is 1.76. The van der Waals surface area contributed by atoms with Crippen LogP contribution in [0.4, 0.5) is 5.69 Å². The topological polar surface area (TPSA) is 15.3 Å². The molecule has 2 atom stereocenters. The molecule has 2 nitrogen and oxygen atoms in total. The van der Waals surface area contributed by atoms with Crippen LogP contribution in [0.25, 0.3) is 0 Å². The Morgan fingerprint density at radius 3 is 2.33 bits per heavy atom. The van der Waals surface area contributed by atoms with Crippen molar-refractivity contribution in [3.63, 3.8) is 0 Å². The molecule has 2 heteroatoms. The molecule has 1 aliphatic heterocycles. The van der Waals surface area contributed by atoms with Gasteiger partial charge in [0.2, 0.25) is 0 Å². The van der Waals surface area contributed by atoms with Crippen LogP contribution in [0.1, 0.15) is 50.2 Å². The van der Waals surface area contributed by atoms with Crippen LogP contribution in [0, 0.1) is 19.8 Å². The van der Waals surface area contributed by atoms with Gasteiger partial charge in [-0.25, -0.2) is 0 Å². The maximum atomic E-state index is 3.83. The third kappa shape index (κ3) is 3.42. The van der Waals surface area contributed by atoms with Gasteiger partial charge in [0.25, 0.3) is 0 Å². The SMILES string of the molecule is Cc1cc(C)cc(N2CC(C3CCCCC3)NCC2C)c1. The summed E-state index contributed by atoms with van der Waals surface area (Å²) in [6.07, 6.45) is 7.16. The van der Waals surface area contributed by atoms with Crippen LogP contribution in [0.3, 0.4) is 0 Å². The van der Waals surface area contributed by atoms with E-state index in [2.05, 4.69) is 49.2 Å². The molecule has 0 radical (unpaired) electrons. The molecule has 1 saturated heterocycles. The minimum atomic E-state index is 0.589. The lowest BCUT2D eigenvalue weighted by atomic mass is 9.82. The van der Waals surface area contributed by atoms with Crippen LogP contribution in [-0.2, 0) is 0 Å². The van der Waals surface area contributed by atoms with E-state index in [0.717, 1.165) is 12.5 Å². The summed E-state index contributed by atoms with van der Waals surface area (Å²) < 4.78 is 0. The van der Waals surface area contributed by atoms with E-state index >= 15 is 0 Å². The molecule has 2 fully saturated rings. The van der Waals surface area contributed by atoms with E-state index in [1.807, 2.05) is 0 Å². The van der Waals surface area contributed by atoms with E-state index in [-0.39, 0.29) is 0 Å². The molecule has 0 amide bonds. The van der Waals surface area contributed by atoms with Crippen LogP contribution in [0.5, 0.6) is 0 Å². The van der Waals surface area contributed by atoms with Crippen molar-refractivity contribution in [2.45, 2.75) is 65.0 Å². The molecule has 21 heavy (non-hydrogen) atoms. The van der Waals surface area contributed by atoms with Gasteiger partial charge in [-0.2, -0.15) is 0 Å². The van der Waals surface area contributed by atoms with Gasteiger partial charge in [-0.3, -0.25) is 0 Å². The Labute approximate surface area is 129 Å². The molecule has 1 aromatic rings. The first-order valence-corrected chi connectivity index (χ1v) is 8.72. The zero-order chi connectivity index (χ0) is 14.8. The number of hydrogen-bond donors (Lipinski definition) is 1. The summed E-state index contributed by atoms with van der Waals surface area (Å²) in [6.45, 7) is 9.06. The molecular formula is C19H30N2. The largest absolute Gasteiger partial charge is 0.366 e. The van der Waals surface area contributed by atoms with Crippen LogP contribution >= 0.6 is 0 Å². The van der Waals surface area contributed by atoms with Gasteiger partial charge in [-0.1, -0.05) is 25.3 Å². The second kappa shape index (κ2) is 6.39. The third-order valence-corrected chi connectivity index (χ3v) is 5.36. The Kier molecular flexibility index (Phi) is 4.54. The van der Waals surface area contributed by atoms with Crippen molar-refractivity contribution in [3.05, 3.63) is 29.3 Å². The van der Waals surface area contributed by atoms with Gasteiger partial charge >= 0.3 is 0 Å². The van der Waals surface area contributed by atoms with E-state index in [9.17, 15) is 0 Å². The Hall–Kier alpha value is -1.02. The standard InChI is InChI=1S/C19H30N2/c1-14-9-15(2)11-18(10-14)21-13-19(20-12-16(21)3)17-7-5-4-6-8-17/h9-11,16-17,19-20H,4-8,12-13H2,1-3H3. The predicted molar refractivity (Wildman–Crippen MR) is 91.1 cm³/mol. The summed E-state index contributed by atoms with van der Waals surface area (Å²) in [7, 11) is 0. The second-order valence-corrected chi connectivity index (χ2v) is 7.26. The molecular weight excluding hydrogens is 256 g/mol. The molecule has 1 aromatic carbocycles. The van der Waals surface area contributed by atoms with Gasteiger partial charge in [0.1, 0.15) is 0 Å². The number of benzene rings is 1. The highest BCUT2D eigenvalue weighted by Gasteiger charge is 2.31. The molecule has 1 aliphatic carbocycles. The summed E-state index contributed by atoms with van der Waals surface area (Å²) >= 11 is 0. The number of hydrogen-bond acceptors (Lipinski definition) is 2. The van der Waals surface area contributed by atoms with Gasteiger partial charge in [0.05, 0.1) is 0 Å². The average Bonchev–Trinajstić information content (AvgIpc) is 2.47. The highest BCUT2D eigenvalue weighted by atomic mass is 15.2. The predicted octanol–water partition coefficient (Wildman–Crippen LogP) is 4.05. The van der Waals surface area contributed by atoms with Gasteiger partial charge in [0, 0.05) is 30.9 Å². The van der Waals surface area contributed by atoms with Crippen molar-refractivity contribution < 1.29 is 0 Å². The molecule has 3 rings (SSSR count). The first-order chi connectivity index (χ1) is 10.1. The normalized spacial score (nSPS) is 27.9. The van der Waals surface area contributed by atoms with E-state index in [1.165, 1.54) is 55.5 Å². The highest BCUT2D eigenvalue weighted by Crippen LogP contribution is 2.30. The zero-order valence-corrected chi connectivity index (χ0v) is 13.9. The second-order valence-electron chi connectivity index (χ2n) is 7.26. The Bertz CT molecular complexity index is 456. The van der Waals surface area contributed by atoms with Gasteiger partial charge in [0.15, 0.2) is 0 Å². The van der Waals surface area contributed by atoms with Crippen molar-refractivity contribution in [2.24, 2.45) is 5.92 Å². The summed E-state index contributed by atoms with van der Waals surface area (Å²) in [6, 6.07) is 8.25. The van der Waals surface area contributed by atoms with Crippen molar-refractivity contribution in [1.82, 2.24) is 5.32 Å². The van der Waals surface area contributed by atoms with Gasteiger partial charge < -0.3 is 10.2 Å². The fourth-order valence-electron chi connectivity index (χ4n) is 4.22. The summed E-state index contributed by atoms with van der Waals surface area (Å²) in [5.74, 6) is 0.889. The third-order valence-electron chi connectivity index (χ3n) is 5.36. The monoisotopic (exact) mass is 286 g/mol. The fourth-order valence-corrected chi connectivity index (χ4v) is 4.22. The molecule has 2 aliphatic rings. The Morgan fingerprint density at radius 2 is 1.67 bits per heavy atom. The first kappa shape index (κ1) is 14.9. The maximum absolute atomic E-state index is 3.83. The first-order valence-electron chi connectivity index (χ1n) is 8.72. The van der Waals surface area contributed by atoms with Crippen molar-refractivity contribution in [2.75, 3.05) is 18.0 Å². The lowest BCUT2D eigenvalue weighted by Crippen LogP contribution is -2.58. The van der Waals surface area contributed by atoms with Crippen molar-refractivity contribution >= 4 is 5.69 Å². The number of anilines is 1. The fraction of sp³-hybridized carbons (Fsp3) is 0.684. The molecule has 0 bridgehead atoms. The van der Waals surface area contributed by atoms with Crippen LogP contribution < -0.4 is 10.2 Å². The van der Waals surface area contributed by atoms with E-state index in [1.54, 1.807) is 0 Å². The average molecular weight is 286 g/mol. The minimum Gasteiger partial charge on any atom is -0.366 e. The number of nitrogens with zero attached hydrogens (tertiary/aromatic N) is 1. The molecule has 2 unspecified atom stereocenters. The molecule has 0 aromatic heterocycles. The lowest BCUT2D eigenvalue weighted by Gasteiger charge is -2.44. The van der Waals surface area contributed by atoms with Crippen LogP contribution in [0.2, 0.25) is 0 Å². The highest BCUT2D eigenvalue weighted by molar-refractivity contribution is 5.52. The number of piperazine rings is 1. The number of aryl methyl sites for hydroxylation is 2. The van der Waals surface area contributed by atoms with Crippen molar-refractivity contribution in [3.8, 4) is 0 Å². The summed E-state index contributed by atoms with van der Waals surface area (Å²) in [5.41, 5.74) is 4.18. The van der Waals surface area contributed by atoms with Crippen molar-refractivity contribution in [1.29, 1.82) is 0 Å². The van der Waals surface area contributed by atoms with E-state index in [0.29, 0.717) is 12.1 Å². The van der Waals surface area contributed by atoms with Gasteiger partial charge in [-0.15, -0.1) is 0 Å². The van der Waals surface area contributed by atoms with Crippen LogP contribution in [0.15, 0.2) is 18.2 Å². The van der Waals surface area contributed by atoms with E-state index in [4.69, 9.17) is 0 Å². The summed E-state index contributed by atoms with van der Waals surface area (Å²) in [5, 5.41) is 3.83. The Morgan fingerprint density at radius 1 is 1.00 bits per heavy atom. The molecule has 1 N–H and O–H groups in total. The van der Waals surface area contributed by atoms with E-state index < -0.39 is 0 Å². The number of nitrogens with one attached hydrogen (secondary N) is 1.